The highest BCUT2D eigenvalue weighted by atomic mass is 79.9. The van der Waals surface area contributed by atoms with Gasteiger partial charge in [-0.15, -0.1) is 0 Å². The topological polar surface area (TPSA) is 66.4 Å². The zero-order valence-electron chi connectivity index (χ0n) is 15.1. The summed E-state index contributed by atoms with van der Waals surface area (Å²) < 4.78 is 0.920. The summed E-state index contributed by atoms with van der Waals surface area (Å²) in [5.74, 6) is -1.93. The van der Waals surface area contributed by atoms with E-state index in [2.05, 4.69) is 21.2 Å². The third-order valence-corrected chi connectivity index (χ3v) is 5.78. The van der Waals surface area contributed by atoms with Crippen LogP contribution >= 0.6 is 15.9 Å². The number of aliphatic carboxylic acids is 1. The number of carboxylic acids is 1. The van der Waals surface area contributed by atoms with Crippen molar-refractivity contribution in [1.29, 1.82) is 0 Å². The maximum Gasteiger partial charge on any atom is 0.320 e. The summed E-state index contributed by atoms with van der Waals surface area (Å²) in [7, 11) is 0. The van der Waals surface area contributed by atoms with Gasteiger partial charge in [0.2, 0.25) is 5.91 Å². The first-order chi connectivity index (χ1) is 12.9. The molecule has 0 aromatic heterocycles. The van der Waals surface area contributed by atoms with E-state index < -0.39 is 23.2 Å². The SMILES string of the molecule is CC1=CCC(C(=O)O)(C(=O)NCc2ccccc2)C(c2ccc(Br)cc2)C1. The number of benzene rings is 2. The molecule has 4 nitrogen and oxygen atoms in total. The van der Waals surface area contributed by atoms with Crippen LogP contribution in [0.1, 0.15) is 36.8 Å². The third kappa shape index (κ3) is 3.98. The number of hydrogen-bond acceptors (Lipinski definition) is 2. The summed E-state index contributed by atoms with van der Waals surface area (Å²) in [4.78, 5) is 25.5. The van der Waals surface area contributed by atoms with Crippen LogP contribution in [-0.2, 0) is 16.1 Å². The fourth-order valence-electron chi connectivity index (χ4n) is 3.67. The first-order valence-corrected chi connectivity index (χ1v) is 9.69. The zero-order valence-corrected chi connectivity index (χ0v) is 16.7. The van der Waals surface area contributed by atoms with Gasteiger partial charge in [0.1, 0.15) is 0 Å². The molecule has 2 atom stereocenters. The number of allylic oxidation sites excluding steroid dienone is 2. The molecule has 0 fully saturated rings. The molecule has 0 saturated carbocycles. The maximum atomic E-state index is 13.2. The first kappa shape index (κ1) is 19.4. The lowest BCUT2D eigenvalue weighted by Gasteiger charge is -2.39. The summed E-state index contributed by atoms with van der Waals surface area (Å²) in [6.07, 6.45) is 2.62. The molecule has 0 aliphatic heterocycles. The van der Waals surface area contributed by atoms with Crippen LogP contribution in [0.15, 0.2) is 70.7 Å². The van der Waals surface area contributed by atoms with Crippen molar-refractivity contribution >= 4 is 27.8 Å². The number of nitrogens with one attached hydrogen (secondary N) is 1. The van der Waals surface area contributed by atoms with E-state index in [1.807, 2.05) is 67.6 Å². The van der Waals surface area contributed by atoms with E-state index in [0.29, 0.717) is 13.0 Å². The summed E-state index contributed by atoms with van der Waals surface area (Å²) >= 11 is 3.41. The van der Waals surface area contributed by atoms with Crippen molar-refractivity contribution in [2.24, 2.45) is 5.41 Å². The quantitative estimate of drug-likeness (QED) is 0.538. The fourth-order valence-corrected chi connectivity index (χ4v) is 3.94. The highest BCUT2D eigenvalue weighted by molar-refractivity contribution is 9.10. The number of rotatable bonds is 5. The summed E-state index contributed by atoms with van der Waals surface area (Å²) in [6.45, 7) is 2.30. The van der Waals surface area contributed by atoms with Crippen molar-refractivity contribution < 1.29 is 14.7 Å². The van der Waals surface area contributed by atoms with Crippen molar-refractivity contribution in [3.63, 3.8) is 0 Å². The molecular weight excluding hydrogens is 406 g/mol. The minimum Gasteiger partial charge on any atom is -0.480 e. The molecule has 1 amide bonds. The van der Waals surface area contributed by atoms with Gasteiger partial charge in [-0.2, -0.15) is 0 Å². The van der Waals surface area contributed by atoms with Gasteiger partial charge in [-0.05, 0) is 43.0 Å². The highest BCUT2D eigenvalue weighted by Gasteiger charge is 2.53. The molecule has 5 heteroatoms. The average molecular weight is 428 g/mol. The number of carbonyl (C=O) groups is 2. The second kappa shape index (κ2) is 8.09. The van der Waals surface area contributed by atoms with Gasteiger partial charge >= 0.3 is 5.97 Å². The van der Waals surface area contributed by atoms with Gasteiger partial charge in [-0.1, -0.05) is 70.0 Å². The van der Waals surface area contributed by atoms with Gasteiger partial charge in [0.15, 0.2) is 5.41 Å². The van der Waals surface area contributed by atoms with E-state index in [4.69, 9.17) is 0 Å². The number of amides is 1. The largest absolute Gasteiger partial charge is 0.480 e. The molecular formula is C22H22BrNO3. The molecule has 2 N–H and O–H groups in total. The van der Waals surface area contributed by atoms with Crippen molar-refractivity contribution in [1.82, 2.24) is 5.32 Å². The van der Waals surface area contributed by atoms with Gasteiger partial charge in [0, 0.05) is 16.9 Å². The van der Waals surface area contributed by atoms with Crippen molar-refractivity contribution in [2.45, 2.75) is 32.2 Å². The fraction of sp³-hybridized carbons (Fsp3) is 0.273. The summed E-state index contributed by atoms with van der Waals surface area (Å²) in [6, 6.07) is 17.1. The average Bonchev–Trinajstić information content (AvgIpc) is 2.67. The molecule has 0 spiro atoms. The minimum absolute atomic E-state index is 0.190. The van der Waals surface area contributed by atoms with Gasteiger partial charge in [-0.3, -0.25) is 9.59 Å². The monoisotopic (exact) mass is 427 g/mol. The molecule has 140 valence electrons. The lowest BCUT2D eigenvalue weighted by Crippen LogP contribution is -2.51. The molecule has 0 saturated heterocycles. The second-order valence-corrected chi connectivity index (χ2v) is 7.92. The standard InChI is InChI=1S/C22H22BrNO3/c1-15-11-12-22(21(26)27,19(13-15)17-7-9-18(23)10-8-17)20(25)24-14-16-5-3-2-4-6-16/h2-11,19H,12-14H2,1H3,(H,24,25)(H,26,27). The number of carboxylic acid groups (broad SMARTS) is 1. The van der Waals surface area contributed by atoms with Gasteiger partial charge < -0.3 is 10.4 Å². The molecule has 3 rings (SSSR count). The number of hydrogen-bond donors (Lipinski definition) is 2. The van der Waals surface area contributed by atoms with Crippen LogP contribution in [-0.4, -0.2) is 17.0 Å². The van der Waals surface area contributed by atoms with Crippen LogP contribution in [0.3, 0.4) is 0 Å². The van der Waals surface area contributed by atoms with Gasteiger partial charge in [-0.25, -0.2) is 0 Å². The van der Waals surface area contributed by atoms with E-state index in [9.17, 15) is 14.7 Å². The Bertz CT molecular complexity index is 861. The smallest absolute Gasteiger partial charge is 0.320 e. The third-order valence-electron chi connectivity index (χ3n) is 5.25. The van der Waals surface area contributed by atoms with E-state index in [0.717, 1.165) is 21.2 Å². The Morgan fingerprint density at radius 2 is 1.81 bits per heavy atom. The molecule has 0 bridgehead atoms. The van der Waals surface area contributed by atoms with Crippen LogP contribution < -0.4 is 5.32 Å². The van der Waals surface area contributed by atoms with Crippen LogP contribution in [0.5, 0.6) is 0 Å². The molecule has 1 aliphatic carbocycles. The lowest BCUT2D eigenvalue weighted by atomic mass is 9.63. The van der Waals surface area contributed by atoms with Gasteiger partial charge in [0.25, 0.3) is 0 Å². The molecule has 27 heavy (non-hydrogen) atoms. The summed E-state index contributed by atoms with van der Waals surface area (Å²) in [5.41, 5.74) is 1.40. The maximum absolute atomic E-state index is 13.2. The molecule has 0 heterocycles. The second-order valence-electron chi connectivity index (χ2n) is 7.01. The molecule has 2 unspecified atom stereocenters. The van der Waals surface area contributed by atoms with Gasteiger partial charge in [0.05, 0.1) is 0 Å². The molecule has 0 radical (unpaired) electrons. The normalized spacial score (nSPS) is 22.0. The Morgan fingerprint density at radius 3 is 2.44 bits per heavy atom. The van der Waals surface area contributed by atoms with Crippen LogP contribution in [0.2, 0.25) is 0 Å². The lowest BCUT2D eigenvalue weighted by molar-refractivity contribution is -0.158. The Labute approximate surface area is 167 Å². The molecule has 2 aromatic rings. The Hall–Kier alpha value is -2.40. The Kier molecular flexibility index (Phi) is 5.80. The number of halogens is 1. The Morgan fingerprint density at radius 1 is 1.15 bits per heavy atom. The molecule has 2 aromatic carbocycles. The first-order valence-electron chi connectivity index (χ1n) is 8.90. The molecule has 1 aliphatic rings. The predicted octanol–water partition coefficient (Wildman–Crippen LogP) is 4.66. The van der Waals surface area contributed by atoms with Crippen LogP contribution in [0.25, 0.3) is 0 Å². The van der Waals surface area contributed by atoms with Crippen molar-refractivity contribution in [3.05, 3.63) is 81.8 Å². The minimum atomic E-state index is -1.51. The Balaban J connectivity index is 1.94. The van der Waals surface area contributed by atoms with Crippen molar-refractivity contribution in [3.8, 4) is 0 Å². The van der Waals surface area contributed by atoms with E-state index in [-0.39, 0.29) is 6.42 Å². The predicted molar refractivity (Wildman–Crippen MR) is 108 cm³/mol. The van der Waals surface area contributed by atoms with E-state index in [1.54, 1.807) is 0 Å². The summed E-state index contributed by atoms with van der Waals surface area (Å²) in [5, 5.41) is 13.0. The van der Waals surface area contributed by atoms with Crippen LogP contribution in [0, 0.1) is 5.41 Å². The highest BCUT2D eigenvalue weighted by Crippen LogP contribution is 2.47. The van der Waals surface area contributed by atoms with Crippen LogP contribution in [0.4, 0.5) is 0 Å². The number of carbonyl (C=O) groups excluding carboxylic acids is 1. The van der Waals surface area contributed by atoms with Crippen molar-refractivity contribution in [2.75, 3.05) is 0 Å². The zero-order chi connectivity index (χ0) is 19.4. The van der Waals surface area contributed by atoms with E-state index >= 15 is 0 Å². The van der Waals surface area contributed by atoms with E-state index in [1.165, 1.54) is 0 Å².